The molecule has 2 bridgehead atoms. The third kappa shape index (κ3) is 11.5. The number of fused-ring (bicyclic) bond motifs is 2. The first kappa shape index (κ1) is 38.7. The highest BCUT2D eigenvalue weighted by Crippen LogP contribution is 2.38. The quantitative estimate of drug-likeness (QED) is 0.0577. The van der Waals surface area contributed by atoms with E-state index in [4.69, 9.17) is 16.3 Å². The van der Waals surface area contributed by atoms with Crippen LogP contribution in [0.2, 0.25) is 5.02 Å². The van der Waals surface area contributed by atoms with E-state index < -0.39 is 22.2 Å². The summed E-state index contributed by atoms with van der Waals surface area (Å²) in [5, 5.41) is 36.6. The predicted octanol–water partition coefficient (Wildman–Crippen LogP) is 7.39. The van der Waals surface area contributed by atoms with Crippen molar-refractivity contribution in [2.24, 2.45) is 0 Å². The molecule has 278 valence electrons. The van der Waals surface area contributed by atoms with E-state index in [2.05, 4.69) is 20.3 Å². The second-order valence-electron chi connectivity index (χ2n) is 13.8. The van der Waals surface area contributed by atoms with Crippen LogP contribution in [0, 0.1) is 0 Å². The van der Waals surface area contributed by atoms with Crippen LogP contribution in [0.3, 0.4) is 0 Å². The Balaban J connectivity index is 0.922. The molecule has 5 rings (SSSR count). The van der Waals surface area contributed by atoms with E-state index in [9.17, 15) is 28.5 Å². The summed E-state index contributed by atoms with van der Waals surface area (Å²) in [6, 6.07) is 17.8. The zero-order valence-corrected chi connectivity index (χ0v) is 30.8. The number of unbranched alkanes of at least 4 members (excludes halogenated alkanes) is 6. The molecule has 0 aliphatic carbocycles. The zero-order chi connectivity index (χ0) is 36.4. The molecule has 0 aromatic heterocycles. The van der Waals surface area contributed by atoms with Gasteiger partial charge in [-0.3, -0.25) is 14.9 Å². The van der Waals surface area contributed by atoms with Crippen LogP contribution in [0.5, 0.6) is 11.5 Å². The van der Waals surface area contributed by atoms with Crippen LogP contribution < -0.4 is 15.4 Å². The van der Waals surface area contributed by atoms with Gasteiger partial charge in [-0.2, -0.15) is 0 Å². The summed E-state index contributed by atoms with van der Waals surface area (Å²) < 4.78 is 31.2. The first-order valence-electron chi connectivity index (χ1n) is 18.0. The topological polar surface area (TPSA) is 160 Å². The van der Waals surface area contributed by atoms with Gasteiger partial charge in [0.1, 0.15) is 17.6 Å². The van der Waals surface area contributed by atoms with Crippen molar-refractivity contribution in [3.8, 4) is 22.6 Å². The average Bonchev–Trinajstić information content (AvgIpc) is 3.32. The average molecular weight is 743 g/mol. The number of amides is 1. The van der Waals surface area contributed by atoms with Crippen LogP contribution in [0.4, 0.5) is 16.2 Å². The molecule has 0 radical (unpaired) electrons. The van der Waals surface area contributed by atoms with Crippen molar-refractivity contribution in [2.45, 2.75) is 94.9 Å². The lowest BCUT2D eigenvalue weighted by Gasteiger charge is -2.38. The number of phenolic OH excluding ortho intramolecular Hbond substituents is 2. The molecule has 2 saturated heterocycles. The Morgan fingerprint density at radius 3 is 2.27 bits per heavy atom. The third-order valence-electron chi connectivity index (χ3n) is 9.85. The first-order chi connectivity index (χ1) is 24.5. The number of sulfonamides is 1. The van der Waals surface area contributed by atoms with Gasteiger partial charge in [-0.05, 0) is 80.2 Å². The van der Waals surface area contributed by atoms with Gasteiger partial charge in [-0.15, -0.1) is 0 Å². The Morgan fingerprint density at radius 1 is 0.902 bits per heavy atom. The van der Waals surface area contributed by atoms with E-state index in [0.717, 1.165) is 69.0 Å². The largest absolute Gasteiger partial charge is 0.506 e. The van der Waals surface area contributed by atoms with Gasteiger partial charge in [0.25, 0.3) is 0 Å². The standard InChI is InChI=1S/C38H51ClN4O7S/c1-51(48,49)42-34-22-27(14-18-36(34)45)37(46)25-40-19-9-5-3-2-4-6-10-20-43-28-15-16-29(43)24-30(23-28)50-38(47)41-33-12-8-7-11-31(33)26-13-17-35(44)32(39)21-26/h7-8,11-14,17-18,21-22,28-30,37,40,42,44-46H,2-6,9-10,15-16,19-20,23-25H2,1H3,(H,41,47)/t28?,29?,30?,37-/m0/s1. The smallest absolute Gasteiger partial charge is 0.411 e. The van der Waals surface area contributed by atoms with Crippen molar-refractivity contribution in [1.29, 1.82) is 0 Å². The number of hydrogen-bond acceptors (Lipinski definition) is 9. The Kier molecular flexibility index (Phi) is 13.9. The Labute approximate surface area is 306 Å². The fraction of sp³-hybridized carbons (Fsp3) is 0.500. The Morgan fingerprint density at radius 2 is 1.57 bits per heavy atom. The number of aromatic hydroxyl groups is 2. The van der Waals surface area contributed by atoms with E-state index >= 15 is 0 Å². The van der Waals surface area contributed by atoms with E-state index in [1.165, 1.54) is 44.2 Å². The molecule has 3 aromatic carbocycles. The molecule has 11 nitrogen and oxygen atoms in total. The lowest BCUT2D eigenvalue weighted by molar-refractivity contribution is 0.0228. The monoisotopic (exact) mass is 742 g/mol. The minimum atomic E-state index is -3.54. The van der Waals surface area contributed by atoms with Crippen LogP contribution in [0.15, 0.2) is 60.7 Å². The number of halogens is 1. The molecular formula is C38H51ClN4O7S. The van der Waals surface area contributed by atoms with Crippen molar-refractivity contribution in [3.05, 3.63) is 71.2 Å². The van der Waals surface area contributed by atoms with E-state index in [1.54, 1.807) is 24.3 Å². The van der Waals surface area contributed by atoms with Gasteiger partial charge in [-0.25, -0.2) is 13.2 Å². The number of nitrogens with one attached hydrogen (secondary N) is 3. The van der Waals surface area contributed by atoms with Crippen LogP contribution >= 0.6 is 11.6 Å². The molecule has 1 amide bonds. The number of anilines is 2. The van der Waals surface area contributed by atoms with Crippen LogP contribution in [0.25, 0.3) is 11.1 Å². The number of para-hydroxylation sites is 1. The van der Waals surface area contributed by atoms with Crippen molar-refractivity contribution in [2.75, 3.05) is 35.9 Å². The molecule has 51 heavy (non-hydrogen) atoms. The van der Waals surface area contributed by atoms with E-state index in [0.29, 0.717) is 29.9 Å². The van der Waals surface area contributed by atoms with Crippen LogP contribution in [-0.4, -0.2) is 78.8 Å². The maximum atomic E-state index is 13.0. The minimum absolute atomic E-state index is 0.0115. The van der Waals surface area contributed by atoms with Crippen LogP contribution in [0.1, 0.15) is 82.3 Å². The van der Waals surface area contributed by atoms with Gasteiger partial charge in [0.2, 0.25) is 10.0 Å². The number of carbonyl (C=O) groups is 1. The molecule has 3 aromatic rings. The predicted molar refractivity (Wildman–Crippen MR) is 202 cm³/mol. The van der Waals surface area contributed by atoms with Gasteiger partial charge in [0, 0.05) is 37.0 Å². The summed E-state index contributed by atoms with van der Waals surface area (Å²) in [5.74, 6) is -0.179. The number of hydrogen-bond donors (Lipinski definition) is 6. The maximum Gasteiger partial charge on any atom is 0.411 e. The molecule has 0 spiro atoms. The summed E-state index contributed by atoms with van der Waals surface area (Å²) in [7, 11) is -3.54. The minimum Gasteiger partial charge on any atom is -0.506 e. The molecule has 2 aliphatic rings. The molecular weight excluding hydrogens is 692 g/mol. The molecule has 2 heterocycles. The fourth-order valence-electron chi connectivity index (χ4n) is 7.32. The number of carbonyl (C=O) groups excluding carboxylic acids is 1. The number of nitrogens with zero attached hydrogens (tertiary/aromatic N) is 1. The zero-order valence-electron chi connectivity index (χ0n) is 29.2. The summed E-state index contributed by atoms with van der Waals surface area (Å²) in [4.78, 5) is 15.6. The summed E-state index contributed by atoms with van der Waals surface area (Å²) in [6.45, 7) is 2.22. The number of aliphatic hydroxyl groups is 1. The summed E-state index contributed by atoms with van der Waals surface area (Å²) >= 11 is 6.12. The van der Waals surface area contributed by atoms with E-state index in [-0.39, 0.29) is 28.3 Å². The number of rotatable bonds is 18. The second-order valence-corrected chi connectivity index (χ2v) is 16.0. The maximum absolute atomic E-state index is 13.0. The van der Waals surface area contributed by atoms with Gasteiger partial charge in [0.05, 0.1) is 28.8 Å². The molecule has 2 aliphatic heterocycles. The molecule has 13 heteroatoms. The lowest BCUT2D eigenvalue weighted by Crippen LogP contribution is -2.46. The molecule has 0 saturated carbocycles. The highest BCUT2D eigenvalue weighted by Gasteiger charge is 2.41. The highest BCUT2D eigenvalue weighted by molar-refractivity contribution is 7.92. The van der Waals surface area contributed by atoms with Gasteiger partial charge in [-0.1, -0.05) is 74.0 Å². The van der Waals surface area contributed by atoms with Crippen molar-refractivity contribution < 1.29 is 33.3 Å². The molecule has 6 N–H and O–H groups in total. The second kappa shape index (κ2) is 18.3. The van der Waals surface area contributed by atoms with Crippen molar-refractivity contribution >= 4 is 39.1 Å². The first-order valence-corrected chi connectivity index (χ1v) is 20.2. The van der Waals surface area contributed by atoms with Crippen molar-refractivity contribution in [3.63, 3.8) is 0 Å². The number of aliphatic hydroxyl groups excluding tert-OH is 1. The molecule has 2 unspecified atom stereocenters. The van der Waals surface area contributed by atoms with Gasteiger partial charge >= 0.3 is 6.09 Å². The number of phenols is 2. The fourth-order valence-corrected chi connectivity index (χ4v) is 8.07. The number of ether oxygens (including phenoxy) is 1. The summed E-state index contributed by atoms with van der Waals surface area (Å²) in [6.07, 6.45) is 11.8. The van der Waals surface area contributed by atoms with Gasteiger partial charge < -0.3 is 25.4 Å². The van der Waals surface area contributed by atoms with Crippen molar-refractivity contribution in [1.82, 2.24) is 10.2 Å². The normalized spacial score (nSPS) is 19.5. The Bertz CT molecular complexity index is 1710. The Hall–Kier alpha value is -3.55. The lowest BCUT2D eigenvalue weighted by atomic mass is 9.99. The third-order valence-corrected chi connectivity index (χ3v) is 10.7. The highest BCUT2D eigenvalue weighted by atomic mass is 35.5. The summed E-state index contributed by atoms with van der Waals surface area (Å²) in [5.41, 5.74) is 2.80. The molecule has 2 fully saturated rings. The van der Waals surface area contributed by atoms with Gasteiger partial charge in [0.15, 0.2) is 0 Å². The number of piperidine rings is 1. The van der Waals surface area contributed by atoms with Crippen LogP contribution in [-0.2, 0) is 14.8 Å². The SMILES string of the molecule is CS(=O)(=O)Nc1cc([C@@H](O)CNCCCCCCCCCN2C3CCC2CC(OC(=O)Nc2ccccc2-c2ccc(O)c(Cl)c2)C3)ccc1O. The van der Waals surface area contributed by atoms with E-state index in [1.807, 2.05) is 24.3 Å². The molecule has 3 atom stereocenters. The number of benzene rings is 3.